The second-order valence-corrected chi connectivity index (χ2v) is 6.66. The molecule has 2 fully saturated rings. The zero-order valence-corrected chi connectivity index (χ0v) is 13.5. The maximum absolute atomic E-state index is 12.6. The Morgan fingerprint density at radius 2 is 2.04 bits per heavy atom. The smallest absolute Gasteiger partial charge is 0.255 e. The van der Waals surface area contributed by atoms with Gasteiger partial charge in [0.05, 0.1) is 0 Å². The molecule has 1 unspecified atom stereocenters. The molecule has 3 heterocycles. The topological polar surface area (TPSA) is 98.7 Å². The van der Waals surface area contributed by atoms with Gasteiger partial charge in [-0.1, -0.05) is 11.8 Å². The van der Waals surface area contributed by atoms with Crippen LogP contribution in [0.2, 0.25) is 0 Å². The van der Waals surface area contributed by atoms with Crippen molar-refractivity contribution in [1.82, 2.24) is 15.5 Å². The number of amides is 3. The van der Waals surface area contributed by atoms with Gasteiger partial charge in [0, 0.05) is 37.2 Å². The fraction of sp³-hybridized carbons (Fsp3) is 0.389. The summed E-state index contributed by atoms with van der Waals surface area (Å²) in [6.07, 6.45) is 0.580. The number of hydrogen-bond donors (Lipinski definition) is 3. The quantitative estimate of drug-likeness (QED) is 0.457. The Hall–Kier alpha value is -2.69. The lowest BCUT2D eigenvalue weighted by Gasteiger charge is -2.32. The molecule has 3 amide bonds. The van der Waals surface area contributed by atoms with Gasteiger partial charge in [0.15, 0.2) is 0 Å². The molecule has 1 aromatic rings. The van der Waals surface area contributed by atoms with Crippen LogP contribution in [0.15, 0.2) is 18.2 Å². The first-order chi connectivity index (χ1) is 12.0. The minimum Gasteiger partial charge on any atom is -0.375 e. The summed E-state index contributed by atoms with van der Waals surface area (Å²) < 4.78 is 0. The first kappa shape index (κ1) is 15.8. The average Bonchev–Trinajstić information content (AvgIpc) is 2.87. The Bertz CT molecular complexity index is 848. The number of hydrogen-bond acceptors (Lipinski definition) is 5. The molecule has 1 aromatic carbocycles. The van der Waals surface area contributed by atoms with E-state index in [1.807, 2.05) is 6.07 Å². The van der Waals surface area contributed by atoms with E-state index in [0.717, 1.165) is 11.1 Å². The predicted molar refractivity (Wildman–Crippen MR) is 87.2 cm³/mol. The van der Waals surface area contributed by atoms with Crippen molar-refractivity contribution in [1.29, 1.82) is 0 Å². The number of piperidine rings is 1. The summed E-state index contributed by atoms with van der Waals surface area (Å²) >= 11 is 0. The van der Waals surface area contributed by atoms with Gasteiger partial charge in [-0.25, -0.2) is 0 Å². The fourth-order valence-corrected chi connectivity index (χ4v) is 3.29. The summed E-state index contributed by atoms with van der Waals surface area (Å²) in [5.41, 5.74) is 1.10. The maximum Gasteiger partial charge on any atom is 0.255 e. The Labute approximate surface area is 144 Å². The van der Waals surface area contributed by atoms with Gasteiger partial charge in [0.25, 0.3) is 5.91 Å². The maximum atomic E-state index is 12.6. The van der Waals surface area contributed by atoms with Crippen LogP contribution in [0.4, 0.5) is 0 Å². The molecule has 0 bridgehead atoms. The molecule has 25 heavy (non-hydrogen) atoms. The van der Waals surface area contributed by atoms with Crippen LogP contribution < -0.4 is 10.6 Å². The highest BCUT2D eigenvalue weighted by Crippen LogP contribution is 2.28. The first-order valence-electron chi connectivity index (χ1n) is 8.19. The van der Waals surface area contributed by atoms with E-state index < -0.39 is 17.6 Å². The summed E-state index contributed by atoms with van der Waals surface area (Å²) in [7, 11) is 0. The van der Waals surface area contributed by atoms with E-state index in [1.54, 1.807) is 12.1 Å². The minimum absolute atomic E-state index is 0.203. The molecule has 0 aromatic heterocycles. The SMILES string of the molecule is O=C1CCC(N2Cc3cc(C#CC4(O)CNC4)ccc3C2=O)C(=O)N1. The molecule has 2 saturated heterocycles. The normalized spacial score (nSPS) is 24.1. The van der Waals surface area contributed by atoms with Crippen molar-refractivity contribution < 1.29 is 19.5 Å². The minimum atomic E-state index is -0.979. The van der Waals surface area contributed by atoms with E-state index in [-0.39, 0.29) is 18.2 Å². The Balaban J connectivity index is 1.55. The van der Waals surface area contributed by atoms with Gasteiger partial charge in [-0.15, -0.1) is 0 Å². The molecule has 3 aliphatic heterocycles. The number of fused-ring (bicyclic) bond motifs is 1. The second-order valence-electron chi connectivity index (χ2n) is 6.66. The highest BCUT2D eigenvalue weighted by atomic mass is 16.3. The molecule has 7 heteroatoms. The van der Waals surface area contributed by atoms with E-state index in [9.17, 15) is 19.5 Å². The average molecular weight is 339 g/mol. The lowest BCUT2D eigenvalue weighted by Crippen LogP contribution is -2.58. The molecule has 128 valence electrons. The molecule has 0 radical (unpaired) electrons. The number of nitrogens with one attached hydrogen (secondary N) is 2. The van der Waals surface area contributed by atoms with Gasteiger partial charge in [-0.2, -0.15) is 0 Å². The lowest BCUT2D eigenvalue weighted by atomic mass is 9.97. The molecule has 7 nitrogen and oxygen atoms in total. The van der Waals surface area contributed by atoms with Crippen LogP contribution >= 0.6 is 0 Å². The van der Waals surface area contributed by atoms with E-state index in [2.05, 4.69) is 22.5 Å². The van der Waals surface area contributed by atoms with Crippen molar-refractivity contribution in [3.8, 4) is 11.8 Å². The van der Waals surface area contributed by atoms with Crippen LogP contribution in [0.3, 0.4) is 0 Å². The Morgan fingerprint density at radius 3 is 2.72 bits per heavy atom. The van der Waals surface area contributed by atoms with Gasteiger partial charge in [-0.3, -0.25) is 19.7 Å². The number of β-amino-alcohol motifs (C(OH)–C–C–N with tert-alkyl or cyclic N) is 1. The van der Waals surface area contributed by atoms with Gasteiger partial charge in [0.1, 0.15) is 11.6 Å². The summed E-state index contributed by atoms with van der Waals surface area (Å²) in [5, 5.41) is 15.3. The van der Waals surface area contributed by atoms with Crippen LogP contribution in [-0.2, 0) is 16.1 Å². The fourth-order valence-electron chi connectivity index (χ4n) is 3.29. The van der Waals surface area contributed by atoms with Crippen LogP contribution in [0.1, 0.15) is 34.3 Å². The van der Waals surface area contributed by atoms with Crippen molar-refractivity contribution in [2.75, 3.05) is 13.1 Å². The van der Waals surface area contributed by atoms with Crippen molar-refractivity contribution in [3.05, 3.63) is 34.9 Å². The zero-order valence-electron chi connectivity index (χ0n) is 13.5. The van der Waals surface area contributed by atoms with Crippen molar-refractivity contribution in [3.63, 3.8) is 0 Å². The lowest BCUT2D eigenvalue weighted by molar-refractivity contribution is -0.136. The third-order valence-corrected chi connectivity index (χ3v) is 4.80. The van der Waals surface area contributed by atoms with Crippen LogP contribution in [0.25, 0.3) is 0 Å². The van der Waals surface area contributed by atoms with E-state index >= 15 is 0 Å². The Morgan fingerprint density at radius 1 is 1.24 bits per heavy atom. The highest BCUT2D eigenvalue weighted by Gasteiger charge is 2.39. The van der Waals surface area contributed by atoms with Crippen molar-refractivity contribution >= 4 is 17.7 Å². The van der Waals surface area contributed by atoms with Crippen LogP contribution in [0.5, 0.6) is 0 Å². The number of benzene rings is 1. The standard InChI is InChI=1S/C18H17N3O4/c22-15-4-3-14(16(23)20-15)21-8-12-7-11(1-2-13(12)17(21)24)5-6-18(25)9-19-10-18/h1-2,7,14,19,25H,3-4,8-10H2,(H,20,22,23). The van der Waals surface area contributed by atoms with Crippen LogP contribution in [0, 0.1) is 11.8 Å². The molecular weight excluding hydrogens is 322 g/mol. The predicted octanol–water partition coefficient (Wildman–Crippen LogP) is -0.867. The first-order valence-corrected chi connectivity index (χ1v) is 8.19. The van der Waals surface area contributed by atoms with E-state index in [0.29, 0.717) is 31.6 Å². The largest absolute Gasteiger partial charge is 0.375 e. The summed E-state index contributed by atoms with van der Waals surface area (Å²) in [6, 6.07) is 4.65. The summed E-state index contributed by atoms with van der Waals surface area (Å²) in [5.74, 6) is 4.87. The molecule has 3 N–H and O–H groups in total. The number of aliphatic hydroxyl groups is 1. The van der Waals surface area contributed by atoms with Crippen LogP contribution in [-0.4, -0.2) is 52.5 Å². The van der Waals surface area contributed by atoms with Gasteiger partial charge < -0.3 is 15.3 Å². The zero-order chi connectivity index (χ0) is 17.6. The number of rotatable bonds is 1. The Kier molecular flexibility index (Phi) is 3.60. The monoisotopic (exact) mass is 339 g/mol. The third kappa shape index (κ3) is 2.80. The molecule has 0 aliphatic carbocycles. The van der Waals surface area contributed by atoms with Gasteiger partial charge in [-0.05, 0) is 30.2 Å². The van der Waals surface area contributed by atoms with Gasteiger partial charge in [0.2, 0.25) is 11.8 Å². The molecular formula is C18H17N3O4. The number of carbonyl (C=O) groups is 3. The van der Waals surface area contributed by atoms with Crippen molar-refractivity contribution in [2.45, 2.75) is 31.0 Å². The van der Waals surface area contributed by atoms with E-state index in [1.165, 1.54) is 4.90 Å². The number of nitrogens with zero attached hydrogens (tertiary/aromatic N) is 1. The second kappa shape index (κ2) is 5.69. The molecule has 1 atom stereocenters. The van der Waals surface area contributed by atoms with E-state index in [4.69, 9.17) is 0 Å². The van der Waals surface area contributed by atoms with Gasteiger partial charge >= 0.3 is 0 Å². The highest BCUT2D eigenvalue weighted by molar-refractivity contribution is 6.05. The molecule has 0 spiro atoms. The summed E-state index contributed by atoms with van der Waals surface area (Å²) in [6.45, 7) is 1.22. The molecule has 4 rings (SSSR count). The number of imide groups is 1. The number of carbonyl (C=O) groups excluding carboxylic acids is 3. The molecule has 3 aliphatic rings. The molecule has 0 saturated carbocycles. The third-order valence-electron chi connectivity index (χ3n) is 4.80. The summed E-state index contributed by atoms with van der Waals surface area (Å²) in [4.78, 5) is 37.4. The van der Waals surface area contributed by atoms with Crippen molar-refractivity contribution in [2.24, 2.45) is 0 Å².